The molecule has 0 radical (unpaired) electrons. The van der Waals surface area contributed by atoms with Crippen LogP contribution in [0, 0.1) is 12.9 Å². The minimum absolute atomic E-state index is 0.0776. The maximum absolute atomic E-state index is 12.7. The van der Waals surface area contributed by atoms with Crippen LogP contribution < -0.4 is 4.72 Å². The fourth-order valence-electron chi connectivity index (χ4n) is 1.65. The largest absolute Gasteiger partial charge is 0.478 e. The van der Waals surface area contributed by atoms with Gasteiger partial charge in [0.1, 0.15) is 0 Å². The van der Waals surface area contributed by atoms with Gasteiger partial charge in [0, 0.05) is 0 Å². The van der Waals surface area contributed by atoms with Gasteiger partial charge in [-0.2, -0.15) is 4.39 Å². The number of carbonyl (C=O) groups is 1. The normalized spacial score (nSPS) is 11.1. The molecule has 2 N–H and O–H groups in total. The predicted octanol–water partition coefficient (Wildman–Crippen LogP) is 2.03. The Balaban J connectivity index is 2.38. The molecule has 1 aromatic heterocycles. The highest BCUT2D eigenvalue weighted by Crippen LogP contribution is 2.19. The van der Waals surface area contributed by atoms with E-state index in [2.05, 4.69) is 9.71 Å². The van der Waals surface area contributed by atoms with Gasteiger partial charge in [-0.25, -0.2) is 18.2 Å². The SMILES string of the molecule is Cc1ccc(S(=O)(=O)Nc2ccc(F)nc2)cc1C(=O)O. The third kappa shape index (κ3) is 3.34. The molecule has 0 spiro atoms. The molecule has 0 aliphatic heterocycles. The van der Waals surface area contributed by atoms with Crippen LogP contribution in [0.3, 0.4) is 0 Å². The lowest BCUT2D eigenvalue weighted by Gasteiger charge is -2.09. The Morgan fingerprint density at radius 3 is 2.57 bits per heavy atom. The van der Waals surface area contributed by atoms with Crippen LogP contribution in [-0.2, 0) is 10.0 Å². The topological polar surface area (TPSA) is 96.4 Å². The second kappa shape index (κ2) is 5.49. The van der Waals surface area contributed by atoms with Crippen LogP contribution in [0.2, 0.25) is 0 Å². The Bertz CT molecular complexity index is 788. The average molecular weight is 310 g/mol. The van der Waals surface area contributed by atoms with E-state index in [9.17, 15) is 17.6 Å². The van der Waals surface area contributed by atoms with Crippen molar-refractivity contribution in [1.29, 1.82) is 0 Å². The molecule has 0 saturated heterocycles. The third-order valence-corrected chi connectivity index (χ3v) is 4.11. The summed E-state index contributed by atoms with van der Waals surface area (Å²) in [6.07, 6.45) is 1.03. The quantitative estimate of drug-likeness (QED) is 0.842. The maximum atomic E-state index is 12.7. The smallest absolute Gasteiger partial charge is 0.335 e. The number of aromatic nitrogens is 1. The molecule has 1 heterocycles. The van der Waals surface area contributed by atoms with Gasteiger partial charge in [0.25, 0.3) is 10.0 Å². The lowest BCUT2D eigenvalue weighted by atomic mass is 10.1. The summed E-state index contributed by atoms with van der Waals surface area (Å²) < 4.78 is 39.2. The summed E-state index contributed by atoms with van der Waals surface area (Å²) in [7, 11) is -3.97. The predicted molar refractivity (Wildman–Crippen MR) is 73.1 cm³/mol. The van der Waals surface area contributed by atoms with E-state index in [1.165, 1.54) is 18.2 Å². The molecule has 110 valence electrons. The summed E-state index contributed by atoms with van der Waals surface area (Å²) >= 11 is 0. The number of carboxylic acids is 1. The zero-order valence-corrected chi connectivity index (χ0v) is 11.7. The second-order valence-electron chi connectivity index (χ2n) is 4.26. The number of hydrogen-bond donors (Lipinski definition) is 2. The molecule has 0 unspecified atom stereocenters. The van der Waals surface area contributed by atoms with E-state index in [1.807, 2.05) is 0 Å². The van der Waals surface area contributed by atoms with Crippen molar-refractivity contribution in [1.82, 2.24) is 4.98 Å². The molecule has 8 heteroatoms. The molecule has 0 amide bonds. The highest BCUT2D eigenvalue weighted by atomic mass is 32.2. The number of aryl methyl sites for hydroxylation is 1. The Hall–Kier alpha value is -2.48. The zero-order valence-electron chi connectivity index (χ0n) is 10.9. The van der Waals surface area contributed by atoms with E-state index in [0.29, 0.717) is 5.56 Å². The summed E-state index contributed by atoms with van der Waals surface area (Å²) in [6, 6.07) is 5.99. The van der Waals surface area contributed by atoms with Crippen LogP contribution >= 0.6 is 0 Å². The number of anilines is 1. The number of rotatable bonds is 4. The van der Waals surface area contributed by atoms with E-state index >= 15 is 0 Å². The fourth-order valence-corrected chi connectivity index (χ4v) is 2.72. The first-order valence-electron chi connectivity index (χ1n) is 5.78. The monoisotopic (exact) mass is 310 g/mol. The fraction of sp³-hybridized carbons (Fsp3) is 0.0769. The van der Waals surface area contributed by atoms with Gasteiger partial charge >= 0.3 is 5.97 Å². The van der Waals surface area contributed by atoms with E-state index < -0.39 is 21.9 Å². The Labute approximate surface area is 120 Å². The molecule has 2 aromatic rings. The maximum Gasteiger partial charge on any atom is 0.335 e. The van der Waals surface area contributed by atoms with Crippen molar-refractivity contribution in [3.8, 4) is 0 Å². The van der Waals surface area contributed by atoms with Crippen LogP contribution in [0.1, 0.15) is 15.9 Å². The van der Waals surface area contributed by atoms with Gasteiger partial charge in [-0.3, -0.25) is 4.72 Å². The summed E-state index contributed by atoms with van der Waals surface area (Å²) in [5.74, 6) is -1.95. The van der Waals surface area contributed by atoms with Gasteiger partial charge in [0.2, 0.25) is 5.95 Å². The standard InChI is InChI=1S/C13H11FN2O4S/c1-8-2-4-10(6-11(8)13(17)18)21(19,20)16-9-3-5-12(14)15-7-9/h2-7,16H,1H3,(H,17,18). The zero-order chi connectivity index (χ0) is 15.6. The Morgan fingerprint density at radius 2 is 2.00 bits per heavy atom. The van der Waals surface area contributed by atoms with Crippen molar-refractivity contribution in [3.63, 3.8) is 0 Å². The van der Waals surface area contributed by atoms with Crippen molar-refractivity contribution >= 4 is 21.7 Å². The van der Waals surface area contributed by atoms with Gasteiger partial charge in [-0.1, -0.05) is 6.07 Å². The molecule has 1 aromatic carbocycles. The van der Waals surface area contributed by atoms with E-state index in [4.69, 9.17) is 5.11 Å². The molecule has 0 aliphatic rings. The summed E-state index contributed by atoms with van der Waals surface area (Å²) in [5.41, 5.74) is 0.425. The van der Waals surface area contributed by atoms with Crippen molar-refractivity contribution in [2.24, 2.45) is 0 Å². The Morgan fingerprint density at radius 1 is 1.29 bits per heavy atom. The highest BCUT2D eigenvalue weighted by Gasteiger charge is 2.18. The average Bonchev–Trinajstić information content (AvgIpc) is 2.41. The molecule has 0 atom stereocenters. The van der Waals surface area contributed by atoms with Gasteiger partial charge in [0.05, 0.1) is 22.3 Å². The van der Waals surface area contributed by atoms with Crippen molar-refractivity contribution in [2.45, 2.75) is 11.8 Å². The number of hydrogen-bond acceptors (Lipinski definition) is 4. The number of nitrogens with zero attached hydrogens (tertiary/aromatic N) is 1. The number of pyridine rings is 1. The second-order valence-corrected chi connectivity index (χ2v) is 5.94. The highest BCUT2D eigenvalue weighted by molar-refractivity contribution is 7.92. The summed E-state index contributed by atoms with van der Waals surface area (Å²) in [6.45, 7) is 1.57. The minimum atomic E-state index is -3.97. The summed E-state index contributed by atoms with van der Waals surface area (Å²) in [4.78, 5) is 14.2. The first-order valence-corrected chi connectivity index (χ1v) is 7.26. The van der Waals surface area contributed by atoms with Gasteiger partial charge in [0.15, 0.2) is 0 Å². The number of aromatic carboxylic acids is 1. The minimum Gasteiger partial charge on any atom is -0.478 e. The van der Waals surface area contributed by atoms with E-state index in [1.54, 1.807) is 6.92 Å². The first-order chi connectivity index (χ1) is 9.79. The number of sulfonamides is 1. The van der Waals surface area contributed by atoms with E-state index in [-0.39, 0.29) is 16.1 Å². The van der Waals surface area contributed by atoms with Gasteiger partial charge in [-0.05, 0) is 36.8 Å². The number of halogens is 1. The van der Waals surface area contributed by atoms with Crippen LogP contribution in [0.25, 0.3) is 0 Å². The number of nitrogens with one attached hydrogen (secondary N) is 1. The molecule has 0 fully saturated rings. The molecule has 0 saturated carbocycles. The van der Waals surface area contributed by atoms with Gasteiger partial charge in [-0.15, -0.1) is 0 Å². The molecule has 2 rings (SSSR count). The third-order valence-electron chi connectivity index (χ3n) is 2.73. The number of carboxylic acid groups (broad SMARTS) is 1. The van der Waals surface area contributed by atoms with Crippen LogP contribution in [0.5, 0.6) is 0 Å². The first kappa shape index (κ1) is 14.9. The van der Waals surface area contributed by atoms with Crippen molar-refractivity contribution in [2.75, 3.05) is 4.72 Å². The lowest BCUT2D eigenvalue weighted by molar-refractivity contribution is 0.0696. The van der Waals surface area contributed by atoms with Crippen molar-refractivity contribution in [3.05, 3.63) is 53.6 Å². The molecule has 0 bridgehead atoms. The Kier molecular flexibility index (Phi) is 3.90. The molecular formula is C13H11FN2O4S. The molecular weight excluding hydrogens is 299 g/mol. The summed E-state index contributed by atoms with van der Waals surface area (Å²) in [5, 5.41) is 9.01. The molecule has 0 aliphatic carbocycles. The van der Waals surface area contributed by atoms with E-state index in [0.717, 1.165) is 18.3 Å². The van der Waals surface area contributed by atoms with Crippen LogP contribution in [0.4, 0.5) is 10.1 Å². The molecule has 6 nitrogen and oxygen atoms in total. The van der Waals surface area contributed by atoms with Crippen molar-refractivity contribution < 1.29 is 22.7 Å². The van der Waals surface area contributed by atoms with Crippen LogP contribution in [-0.4, -0.2) is 24.5 Å². The number of benzene rings is 1. The molecule has 21 heavy (non-hydrogen) atoms. The van der Waals surface area contributed by atoms with Gasteiger partial charge < -0.3 is 5.11 Å². The lowest BCUT2D eigenvalue weighted by Crippen LogP contribution is -2.14. The van der Waals surface area contributed by atoms with Crippen LogP contribution in [0.15, 0.2) is 41.4 Å².